The molecule has 0 saturated carbocycles. The van der Waals surface area contributed by atoms with E-state index in [2.05, 4.69) is 5.32 Å². The van der Waals surface area contributed by atoms with Crippen molar-refractivity contribution in [3.8, 4) is 0 Å². The molecule has 0 saturated heterocycles. The number of fused-ring (bicyclic) bond motifs is 1. The second kappa shape index (κ2) is 6.92. The molecule has 1 aromatic carbocycles. The number of nitrogens with one attached hydrogen (secondary N) is 1. The first-order valence-corrected chi connectivity index (χ1v) is 7.75. The summed E-state index contributed by atoms with van der Waals surface area (Å²) in [4.78, 5) is 25.5. The Morgan fingerprint density at radius 1 is 1.36 bits per heavy atom. The van der Waals surface area contributed by atoms with E-state index in [1.807, 2.05) is 19.1 Å². The fourth-order valence-electron chi connectivity index (χ4n) is 2.90. The molecular formula is C17H24N2O3. The van der Waals surface area contributed by atoms with Crippen LogP contribution in [0.3, 0.4) is 0 Å². The van der Waals surface area contributed by atoms with E-state index < -0.39 is 0 Å². The molecule has 5 heteroatoms. The third-order valence-electron chi connectivity index (χ3n) is 3.97. The summed E-state index contributed by atoms with van der Waals surface area (Å²) >= 11 is 0. The van der Waals surface area contributed by atoms with Crippen molar-refractivity contribution in [2.45, 2.75) is 39.7 Å². The van der Waals surface area contributed by atoms with Crippen molar-refractivity contribution in [2.75, 3.05) is 18.0 Å². The number of nitrogens with zero attached hydrogens (tertiary/aromatic N) is 1. The van der Waals surface area contributed by atoms with Gasteiger partial charge in [-0.1, -0.05) is 6.92 Å². The fourth-order valence-corrected chi connectivity index (χ4v) is 2.90. The lowest BCUT2D eigenvalue weighted by molar-refractivity contribution is -0.116. The molecule has 2 atom stereocenters. The molecule has 1 aromatic rings. The van der Waals surface area contributed by atoms with Gasteiger partial charge < -0.3 is 15.3 Å². The Balaban J connectivity index is 1.99. The first-order valence-electron chi connectivity index (χ1n) is 7.75. The lowest BCUT2D eigenvalue weighted by Gasteiger charge is -2.16. The third-order valence-corrected chi connectivity index (χ3v) is 3.97. The molecule has 1 aliphatic heterocycles. The van der Waals surface area contributed by atoms with Crippen LogP contribution in [0.2, 0.25) is 0 Å². The highest BCUT2D eigenvalue weighted by molar-refractivity contribution is 5.97. The Morgan fingerprint density at radius 2 is 2.09 bits per heavy atom. The molecule has 2 amide bonds. The van der Waals surface area contributed by atoms with Crippen molar-refractivity contribution in [1.82, 2.24) is 5.32 Å². The topological polar surface area (TPSA) is 69.6 Å². The van der Waals surface area contributed by atoms with Crippen LogP contribution in [0.4, 0.5) is 5.69 Å². The van der Waals surface area contributed by atoms with E-state index in [1.54, 1.807) is 24.8 Å². The molecule has 0 fully saturated rings. The van der Waals surface area contributed by atoms with Gasteiger partial charge in [0.05, 0.1) is 6.10 Å². The Kier molecular flexibility index (Phi) is 5.19. The maximum absolute atomic E-state index is 12.2. The number of hydrogen-bond acceptors (Lipinski definition) is 3. The third kappa shape index (κ3) is 3.85. The minimum absolute atomic E-state index is 0.0305. The van der Waals surface area contributed by atoms with Gasteiger partial charge in [0.1, 0.15) is 0 Å². The average molecular weight is 304 g/mol. The molecule has 0 bridgehead atoms. The molecule has 0 radical (unpaired) electrons. The van der Waals surface area contributed by atoms with Crippen LogP contribution in [0.25, 0.3) is 0 Å². The van der Waals surface area contributed by atoms with Crippen LogP contribution < -0.4 is 10.2 Å². The summed E-state index contributed by atoms with van der Waals surface area (Å²) in [7, 11) is 0. The van der Waals surface area contributed by atoms with E-state index in [1.165, 1.54) is 0 Å². The lowest BCUT2D eigenvalue weighted by Crippen LogP contribution is -2.29. The molecule has 1 heterocycles. The van der Waals surface area contributed by atoms with Gasteiger partial charge in [0.15, 0.2) is 0 Å². The number of aliphatic hydroxyl groups excluding tert-OH is 1. The molecule has 2 rings (SSSR count). The highest BCUT2D eigenvalue weighted by Crippen LogP contribution is 2.28. The normalized spacial score (nSPS) is 16.1. The van der Waals surface area contributed by atoms with Gasteiger partial charge in [-0.3, -0.25) is 9.59 Å². The average Bonchev–Trinajstić information content (AvgIpc) is 2.87. The fraction of sp³-hybridized carbons (Fsp3) is 0.529. The number of aliphatic hydroxyl groups is 1. The maximum atomic E-state index is 12.2. The maximum Gasteiger partial charge on any atom is 0.251 e. The van der Waals surface area contributed by atoms with Crippen molar-refractivity contribution in [2.24, 2.45) is 5.92 Å². The molecule has 0 spiro atoms. The summed E-state index contributed by atoms with van der Waals surface area (Å²) in [6.07, 6.45) is 1.09. The van der Waals surface area contributed by atoms with E-state index in [0.29, 0.717) is 25.1 Å². The van der Waals surface area contributed by atoms with Gasteiger partial charge >= 0.3 is 0 Å². The summed E-state index contributed by atoms with van der Waals surface area (Å²) in [5.41, 5.74) is 2.57. The molecule has 5 nitrogen and oxygen atoms in total. The molecule has 0 aliphatic carbocycles. The number of carbonyl (C=O) groups excluding carboxylic acids is 2. The van der Waals surface area contributed by atoms with Crippen molar-refractivity contribution in [3.63, 3.8) is 0 Å². The SMILES string of the molecule is CC(=O)N1CCc2cc(C(=O)NCC(C)CC(C)O)ccc21. The number of anilines is 1. The van der Waals surface area contributed by atoms with Gasteiger partial charge in [0, 0.05) is 31.3 Å². The summed E-state index contributed by atoms with van der Waals surface area (Å²) in [6.45, 7) is 6.53. The number of carbonyl (C=O) groups is 2. The smallest absolute Gasteiger partial charge is 0.251 e. The van der Waals surface area contributed by atoms with Gasteiger partial charge in [0.25, 0.3) is 5.91 Å². The van der Waals surface area contributed by atoms with Crippen LogP contribution in [0.5, 0.6) is 0 Å². The monoisotopic (exact) mass is 304 g/mol. The van der Waals surface area contributed by atoms with Gasteiger partial charge in [-0.25, -0.2) is 0 Å². The number of benzene rings is 1. The summed E-state index contributed by atoms with van der Waals surface area (Å²) < 4.78 is 0. The zero-order chi connectivity index (χ0) is 16.3. The minimum atomic E-state index is -0.357. The van der Waals surface area contributed by atoms with Crippen LogP contribution in [-0.4, -0.2) is 36.1 Å². The van der Waals surface area contributed by atoms with Gasteiger partial charge in [-0.05, 0) is 49.4 Å². The predicted molar refractivity (Wildman–Crippen MR) is 86.0 cm³/mol. The van der Waals surface area contributed by atoms with Crippen molar-refractivity contribution < 1.29 is 14.7 Å². The van der Waals surface area contributed by atoms with Crippen molar-refractivity contribution in [1.29, 1.82) is 0 Å². The predicted octanol–water partition coefficient (Wildman–Crippen LogP) is 1.73. The molecule has 22 heavy (non-hydrogen) atoms. The van der Waals surface area contributed by atoms with Crippen LogP contribution in [0.1, 0.15) is 43.1 Å². The molecule has 0 aromatic heterocycles. The standard InChI is InChI=1S/C17H24N2O3/c1-11(8-12(2)20)10-18-17(22)15-4-5-16-14(9-15)6-7-19(16)13(3)21/h4-5,9,11-12,20H,6-8,10H2,1-3H3,(H,18,22). The largest absolute Gasteiger partial charge is 0.393 e. The van der Waals surface area contributed by atoms with Crippen molar-refractivity contribution in [3.05, 3.63) is 29.3 Å². The highest BCUT2D eigenvalue weighted by atomic mass is 16.3. The Labute approximate surface area is 131 Å². The number of amides is 2. The zero-order valence-corrected chi connectivity index (χ0v) is 13.4. The number of hydrogen-bond donors (Lipinski definition) is 2. The zero-order valence-electron chi connectivity index (χ0n) is 13.4. The minimum Gasteiger partial charge on any atom is -0.393 e. The van der Waals surface area contributed by atoms with Crippen LogP contribution in [-0.2, 0) is 11.2 Å². The van der Waals surface area contributed by atoms with Gasteiger partial charge in [0.2, 0.25) is 5.91 Å². The Bertz CT molecular complexity index is 569. The molecule has 1 aliphatic rings. The van der Waals surface area contributed by atoms with Gasteiger partial charge in [-0.15, -0.1) is 0 Å². The number of rotatable bonds is 5. The first-order chi connectivity index (χ1) is 10.4. The quantitative estimate of drug-likeness (QED) is 0.870. The van der Waals surface area contributed by atoms with E-state index >= 15 is 0 Å². The summed E-state index contributed by atoms with van der Waals surface area (Å²) in [5.74, 6) is 0.149. The lowest BCUT2D eigenvalue weighted by atomic mass is 10.0. The summed E-state index contributed by atoms with van der Waals surface area (Å²) in [6, 6.07) is 5.47. The second-order valence-corrected chi connectivity index (χ2v) is 6.16. The molecular weight excluding hydrogens is 280 g/mol. The van der Waals surface area contributed by atoms with Crippen LogP contribution >= 0.6 is 0 Å². The molecule has 2 N–H and O–H groups in total. The summed E-state index contributed by atoms with van der Waals surface area (Å²) in [5, 5.41) is 12.2. The second-order valence-electron chi connectivity index (χ2n) is 6.16. The first kappa shape index (κ1) is 16.5. The molecule has 120 valence electrons. The van der Waals surface area contributed by atoms with Gasteiger partial charge in [-0.2, -0.15) is 0 Å². The van der Waals surface area contributed by atoms with E-state index in [-0.39, 0.29) is 23.8 Å². The Hall–Kier alpha value is -1.88. The van der Waals surface area contributed by atoms with E-state index in [4.69, 9.17) is 0 Å². The highest BCUT2D eigenvalue weighted by Gasteiger charge is 2.23. The van der Waals surface area contributed by atoms with Crippen LogP contribution in [0, 0.1) is 5.92 Å². The van der Waals surface area contributed by atoms with Crippen LogP contribution in [0.15, 0.2) is 18.2 Å². The molecule has 2 unspecified atom stereocenters. The van der Waals surface area contributed by atoms with Crippen molar-refractivity contribution >= 4 is 17.5 Å². The van der Waals surface area contributed by atoms with E-state index in [9.17, 15) is 14.7 Å². The Morgan fingerprint density at radius 3 is 2.73 bits per heavy atom. The van der Waals surface area contributed by atoms with E-state index in [0.717, 1.165) is 17.7 Å².